The van der Waals surface area contributed by atoms with Crippen molar-refractivity contribution in [1.82, 2.24) is 10.6 Å². The van der Waals surface area contributed by atoms with Crippen molar-refractivity contribution in [3.05, 3.63) is 24.2 Å². The molecule has 19 heavy (non-hydrogen) atoms. The number of hydrogen-bond acceptors (Lipinski definition) is 3. The first-order valence-electron chi connectivity index (χ1n) is 6.89. The number of carbonyl (C=O) groups is 1. The molecule has 3 atom stereocenters. The lowest BCUT2D eigenvalue weighted by Gasteiger charge is -2.24. The molecule has 3 unspecified atom stereocenters. The molecule has 1 aliphatic carbocycles. The summed E-state index contributed by atoms with van der Waals surface area (Å²) in [5.74, 6) is 1.62. The van der Waals surface area contributed by atoms with Gasteiger partial charge in [-0.1, -0.05) is 12.8 Å². The predicted octanol–water partition coefficient (Wildman–Crippen LogP) is 2.24. The van der Waals surface area contributed by atoms with E-state index in [1.54, 1.807) is 6.26 Å². The Morgan fingerprint density at radius 1 is 1.42 bits per heavy atom. The van der Waals surface area contributed by atoms with Crippen LogP contribution in [-0.2, 0) is 11.3 Å². The minimum atomic E-state index is -0.00642. The lowest BCUT2D eigenvalue weighted by molar-refractivity contribution is -0.123. The van der Waals surface area contributed by atoms with E-state index in [2.05, 4.69) is 10.6 Å². The van der Waals surface area contributed by atoms with Crippen molar-refractivity contribution in [2.45, 2.75) is 50.7 Å². The smallest absolute Gasteiger partial charge is 0.237 e. The van der Waals surface area contributed by atoms with E-state index in [4.69, 9.17) is 4.42 Å². The molecule has 2 N–H and O–H groups in total. The molecule has 2 heterocycles. The van der Waals surface area contributed by atoms with E-state index in [1.165, 1.54) is 25.7 Å². The lowest BCUT2D eigenvalue weighted by Crippen LogP contribution is -2.42. The van der Waals surface area contributed by atoms with Gasteiger partial charge < -0.3 is 15.1 Å². The molecule has 2 fully saturated rings. The molecule has 0 radical (unpaired) electrons. The standard InChI is InChI=1S/C14H20N2O2.ClH/c17-14(15-9-11-5-3-7-18-11)13-8-10-4-1-2-6-12(10)16-13;/h3,5,7,10,12-13,16H,1-2,4,6,8-9H2,(H,15,17);1H. The van der Waals surface area contributed by atoms with Gasteiger partial charge in [0, 0.05) is 6.04 Å². The minimum Gasteiger partial charge on any atom is -0.467 e. The van der Waals surface area contributed by atoms with E-state index in [9.17, 15) is 4.79 Å². The van der Waals surface area contributed by atoms with Crippen molar-refractivity contribution >= 4 is 18.3 Å². The second-order valence-electron chi connectivity index (χ2n) is 5.40. The average molecular weight is 285 g/mol. The molecule has 1 aromatic heterocycles. The van der Waals surface area contributed by atoms with Gasteiger partial charge in [-0.05, 0) is 37.3 Å². The van der Waals surface area contributed by atoms with Crippen molar-refractivity contribution < 1.29 is 9.21 Å². The van der Waals surface area contributed by atoms with Crippen LogP contribution < -0.4 is 10.6 Å². The normalized spacial score (nSPS) is 29.4. The van der Waals surface area contributed by atoms with Crippen molar-refractivity contribution in [2.75, 3.05) is 0 Å². The lowest BCUT2D eigenvalue weighted by atomic mass is 9.85. The number of hydrogen-bond donors (Lipinski definition) is 2. The third-order valence-electron chi connectivity index (χ3n) is 4.20. The number of halogens is 1. The summed E-state index contributed by atoms with van der Waals surface area (Å²) in [6, 6.07) is 4.28. The number of furan rings is 1. The van der Waals surface area contributed by atoms with Gasteiger partial charge in [0.1, 0.15) is 5.76 Å². The maximum atomic E-state index is 12.1. The molecular weight excluding hydrogens is 264 g/mol. The van der Waals surface area contributed by atoms with E-state index in [1.807, 2.05) is 12.1 Å². The molecule has 1 aromatic rings. The zero-order chi connectivity index (χ0) is 12.4. The van der Waals surface area contributed by atoms with Gasteiger partial charge in [-0.15, -0.1) is 12.4 Å². The molecule has 3 rings (SSSR count). The molecule has 106 valence electrons. The molecule has 1 saturated heterocycles. The van der Waals surface area contributed by atoms with Crippen molar-refractivity contribution in [1.29, 1.82) is 0 Å². The highest BCUT2D eigenvalue weighted by Gasteiger charge is 2.37. The highest BCUT2D eigenvalue weighted by Crippen LogP contribution is 2.33. The summed E-state index contributed by atoms with van der Waals surface area (Å²) in [5, 5.41) is 6.42. The SMILES string of the molecule is Cl.O=C(NCc1ccco1)C1CC2CCCCC2N1. The van der Waals surface area contributed by atoms with Crippen LogP contribution in [0.15, 0.2) is 22.8 Å². The fourth-order valence-corrected chi connectivity index (χ4v) is 3.23. The van der Waals surface area contributed by atoms with Crippen LogP contribution in [0, 0.1) is 5.92 Å². The van der Waals surface area contributed by atoms with Crippen LogP contribution in [0.1, 0.15) is 37.9 Å². The molecule has 2 aliphatic rings. The second kappa shape index (κ2) is 6.44. The van der Waals surface area contributed by atoms with Gasteiger partial charge in [-0.25, -0.2) is 0 Å². The second-order valence-corrected chi connectivity index (χ2v) is 5.40. The Labute approximate surface area is 119 Å². The Morgan fingerprint density at radius 3 is 3.00 bits per heavy atom. The zero-order valence-corrected chi connectivity index (χ0v) is 11.7. The molecule has 1 aliphatic heterocycles. The van der Waals surface area contributed by atoms with E-state index in [0.717, 1.165) is 12.2 Å². The molecule has 5 heteroatoms. The molecule has 1 amide bonds. The molecular formula is C14H21ClN2O2. The summed E-state index contributed by atoms with van der Waals surface area (Å²) in [7, 11) is 0. The summed E-state index contributed by atoms with van der Waals surface area (Å²) in [6.45, 7) is 0.485. The number of fused-ring (bicyclic) bond motifs is 1. The van der Waals surface area contributed by atoms with Gasteiger partial charge in [0.15, 0.2) is 0 Å². The highest BCUT2D eigenvalue weighted by molar-refractivity contribution is 5.85. The first-order valence-corrected chi connectivity index (χ1v) is 6.89. The predicted molar refractivity (Wildman–Crippen MR) is 75.1 cm³/mol. The zero-order valence-electron chi connectivity index (χ0n) is 10.9. The first kappa shape index (κ1) is 14.4. The monoisotopic (exact) mass is 284 g/mol. The Bertz CT molecular complexity index is 394. The van der Waals surface area contributed by atoms with E-state index >= 15 is 0 Å². The van der Waals surface area contributed by atoms with Gasteiger partial charge in [-0.3, -0.25) is 4.79 Å². The molecule has 4 nitrogen and oxygen atoms in total. The van der Waals surface area contributed by atoms with Crippen LogP contribution in [0.5, 0.6) is 0 Å². The molecule has 0 bridgehead atoms. The van der Waals surface area contributed by atoms with Crippen LogP contribution in [0.2, 0.25) is 0 Å². The summed E-state index contributed by atoms with van der Waals surface area (Å²) in [5.41, 5.74) is 0. The topological polar surface area (TPSA) is 54.3 Å². The third-order valence-corrected chi connectivity index (χ3v) is 4.20. The van der Waals surface area contributed by atoms with Crippen LogP contribution in [-0.4, -0.2) is 18.0 Å². The van der Waals surface area contributed by atoms with Gasteiger partial charge in [0.05, 0.1) is 18.8 Å². The summed E-state index contributed by atoms with van der Waals surface area (Å²) < 4.78 is 5.21. The Hall–Kier alpha value is -1.00. The van der Waals surface area contributed by atoms with Crippen molar-refractivity contribution in [3.63, 3.8) is 0 Å². The van der Waals surface area contributed by atoms with Crippen molar-refractivity contribution in [3.8, 4) is 0 Å². The fraction of sp³-hybridized carbons (Fsp3) is 0.643. The molecule has 0 spiro atoms. The van der Waals surface area contributed by atoms with E-state index in [0.29, 0.717) is 18.5 Å². The Balaban J connectivity index is 0.00000133. The van der Waals surface area contributed by atoms with E-state index in [-0.39, 0.29) is 24.4 Å². The maximum Gasteiger partial charge on any atom is 0.237 e. The van der Waals surface area contributed by atoms with Crippen molar-refractivity contribution in [2.24, 2.45) is 5.92 Å². The number of nitrogens with one attached hydrogen (secondary N) is 2. The van der Waals surface area contributed by atoms with Crippen LogP contribution in [0.3, 0.4) is 0 Å². The van der Waals surface area contributed by atoms with Gasteiger partial charge in [0.2, 0.25) is 5.91 Å². The summed E-state index contributed by atoms with van der Waals surface area (Å²) >= 11 is 0. The number of rotatable bonds is 3. The minimum absolute atomic E-state index is 0. The fourth-order valence-electron chi connectivity index (χ4n) is 3.23. The first-order chi connectivity index (χ1) is 8.83. The maximum absolute atomic E-state index is 12.1. The Morgan fingerprint density at radius 2 is 2.26 bits per heavy atom. The third kappa shape index (κ3) is 3.31. The highest BCUT2D eigenvalue weighted by atomic mass is 35.5. The van der Waals surface area contributed by atoms with Crippen LogP contribution >= 0.6 is 12.4 Å². The van der Waals surface area contributed by atoms with Gasteiger partial charge >= 0.3 is 0 Å². The molecule has 1 saturated carbocycles. The van der Waals surface area contributed by atoms with Gasteiger partial charge in [0.25, 0.3) is 0 Å². The quantitative estimate of drug-likeness (QED) is 0.895. The largest absolute Gasteiger partial charge is 0.467 e. The average Bonchev–Trinajstić information content (AvgIpc) is 3.04. The summed E-state index contributed by atoms with van der Waals surface area (Å²) in [6.07, 6.45) is 7.75. The summed E-state index contributed by atoms with van der Waals surface area (Å²) in [4.78, 5) is 12.1. The Kier molecular flexibility index (Phi) is 4.88. The van der Waals surface area contributed by atoms with Crippen LogP contribution in [0.25, 0.3) is 0 Å². The van der Waals surface area contributed by atoms with Gasteiger partial charge in [-0.2, -0.15) is 0 Å². The number of carbonyl (C=O) groups excluding carboxylic acids is 1. The van der Waals surface area contributed by atoms with E-state index < -0.39 is 0 Å². The number of amides is 1. The molecule has 0 aromatic carbocycles. The van der Waals surface area contributed by atoms with Crippen LogP contribution in [0.4, 0.5) is 0 Å².